The molecule has 0 saturated carbocycles. The van der Waals surface area contributed by atoms with Gasteiger partial charge in [0.05, 0.1) is 6.04 Å². The number of benzene rings is 2. The predicted molar refractivity (Wildman–Crippen MR) is 97.1 cm³/mol. The van der Waals surface area contributed by atoms with Crippen molar-refractivity contribution >= 4 is 29.1 Å². The Kier molecular flexibility index (Phi) is 6.49. The maximum atomic E-state index is 12.3. The first-order valence-corrected chi connectivity index (χ1v) is 8.55. The van der Waals surface area contributed by atoms with Crippen molar-refractivity contribution in [2.24, 2.45) is 0 Å². The Hall–Kier alpha value is -1.51. The molecule has 23 heavy (non-hydrogen) atoms. The molecule has 0 aliphatic rings. The highest BCUT2D eigenvalue weighted by Gasteiger charge is 2.14. The van der Waals surface area contributed by atoms with Gasteiger partial charge in [0, 0.05) is 16.5 Å². The van der Waals surface area contributed by atoms with E-state index in [0.717, 1.165) is 17.5 Å². The summed E-state index contributed by atoms with van der Waals surface area (Å²) in [5.41, 5.74) is 3.17. The summed E-state index contributed by atoms with van der Waals surface area (Å²) >= 11 is 12.3. The minimum absolute atomic E-state index is 0.00779. The van der Waals surface area contributed by atoms with Crippen LogP contribution in [0.1, 0.15) is 42.5 Å². The number of halogens is 2. The predicted octanol–water partition coefficient (Wildman–Crippen LogP) is 5.50. The van der Waals surface area contributed by atoms with E-state index in [0.29, 0.717) is 22.9 Å². The second kappa shape index (κ2) is 8.37. The largest absolute Gasteiger partial charge is 0.349 e. The Balaban J connectivity index is 1.96. The van der Waals surface area contributed by atoms with E-state index in [1.165, 1.54) is 5.56 Å². The van der Waals surface area contributed by atoms with Crippen molar-refractivity contribution in [3.63, 3.8) is 0 Å². The molecule has 1 amide bonds. The molecule has 0 heterocycles. The van der Waals surface area contributed by atoms with Gasteiger partial charge in [-0.3, -0.25) is 4.79 Å². The van der Waals surface area contributed by atoms with Crippen LogP contribution in [-0.4, -0.2) is 5.91 Å². The Morgan fingerprint density at radius 3 is 2.26 bits per heavy atom. The Bertz CT molecular complexity index is 647. The Morgan fingerprint density at radius 2 is 1.70 bits per heavy atom. The van der Waals surface area contributed by atoms with Gasteiger partial charge < -0.3 is 5.32 Å². The molecule has 0 saturated heterocycles. The minimum atomic E-state index is 0.00779. The molecule has 0 aromatic heterocycles. The van der Waals surface area contributed by atoms with Crippen molar-refractivity contribution in [2.75, 3.05) is 0 Å². The quantitative estimate of drug-likeness (QED) is 0.732. The van der Waals surface area contributed by atoms with Crippen molar-refractivity contribution in [3.8, 4) is 0 Å². The van der Waals surface area contributed by atoms with E-state index in [-0.39, 0.29) is 11.9 Å². The standard InChI is InChI=1S/C19H21Cl2NO/c1-3-18(14-9-7-13(2)8-10-14)22-19(23)12-11-15-16(20)5-4-6-17(15)21/h4-10,18H,3,11-12H2,1-2H3,(H,22,23)/t18-/m0/s1. The first kappa shape index (κ1) is 17.8. The lowest BCUT2D eigenvalue weighted by Crippen LogP contribution is -2.28. The van der Waals surface area contributed by atoms with Gasteiger partial charge in [-0.15, -0.1) is 0 Å². The molecule has 0 bridgehead atoms. The number of rotatable bonds is 6. The molecule has 0 unspecified atom stereocenters. The fraction of sp³-hybridized carbons (Fsp3) is 0.316. The molecule has 0 aliphatic carbocycles. The van der Waals surface area contributed by atoms with Gasteiger partial charge in [0.1, 0.15) is 0 Å². The highest BCUT2D eigenvalue weighted by atomic mass is 35.5. The van der Waals surface area contributed by atoms with Crippen molar-refractivity contribution in [1.82, 2.24) is 5.32 Å². The van der Waals surface area contributed by atoms with E-state index in [9.17, 15) is 4.79 Å². The molecular formula is C19H21Cl2NO. The second-order valence-corrected chi connectivity index (χ2v) is 6.45. The zero-order chi connectivity index (χ0) is 16.8. The van der Waals surface area contributed by atoms with Crippen LogP contribution in [0.2, 0.25) is 10.0 Å². The highest BCUT2D eigenvalue weighted by molar-refractivity contribution is 6.36. The molecule has 2 nitrogen and oxygen atoms in total. The SMILES string of the molecule is CC[C@H](NC(=O)CCc1c(Cl)cccc1Cl)c1ccc(C)cc1. The molecule has 2 aromatic carbocycles. The van der Waals surface area contributed by atoms with Gasteiger partial charge in [0.2, 0.25) is 5.91 Å². The van der Waals surface area contributed by atoms with Gasteiger partial charge in [-0.25, -0.2) is 0 Å². The Morgan fingerprint density at radius 1 is 1.09 bits per heavy atom. The van der Waals surface area contributed by atoms with Crippen molar-refractivity contribution in [1.29, 1.82) is 0 Å². The third kappa shape index (κ3) is 4.98. The number of hydrogen-bond acceptors (Lipinski definition) is 1. The fourth-order valence-corrected chi connectivity index (χ4v) is 3.08. The average Bonchev–Trinajstić information content (AvgIpc) is 2.53. The molecule has 2 rings (SSSR count). The van der Waals surface area contributed by atoms with E-state index in [1.54, 1.807) is 18.2 Å². The second-order valence-electron chi connectivity index (χ2n) is 5.64. The molecule has 122 valence electrons. The van der Waals surface area contributed by atoms with E-state index in [1.807, 2.05) is 0 Å². The molecule has 1 atom stereocenters. The number of carbonyl (C=O) groups excluding carboxylic acids is 1. The van der Waals surface area contributed by atoms with Gasteiger partial charge in [0.15, 0.2) is 0 Å². The van der Waals surface area contributed by atoms with E-state index < -0.39 is 0 Å². The van der Waals surface area contributed by atoms with E-state index in [2.05, 4.69) is 43.4 Å². The third-order valence-electron chi connectivity index (χ3n) is 3.89. The highest BCUT2D eigenvalue weighted by Crippen LogP contribution is 2.25. The van der Waals surface area contributed by atoms with Crippen LogP contribution in [0.5, 0.6) is 0 Å². The summed E-state index contributed by atoms with van der Waals surface area (Å²) in [4.78, 5) is 12.3. The zero-order valence-corrected chi connectivity index (χ0v) is 14.9. The normalized spacial score (nSPS) is 12.0. The first-order valence-electron chi connectivity index (χ1n) is 7.80. The maximum absolute atomic E-state index is 12.3. The molecule has 2 aromatic rings. The Labute approximate surface area is 147 Å². The average molecular weight is 350 g/mol. The zero-order valence-electron chi connectivity index (χ0n) is 13.4. The number of nitrogens with one attached hydrogen (secondary N) is 1. The van der Waals surface area contributed by atoms with Crippen LogP contribution >= 0.6 is 23.2 Å². The van der Waals surface area contributed by atoms with Crippen LogP contribution in [0.3, 0.4) is 0 Å². The smallest absolute Gasteiger partial charge is 0.220 e. The van der Waals surface area contributed by atoms with Crippen LogP contribution in [0.25, 0.3) is 0 Å². The molecule has 0 spiro atoms. The van der Waals surface area contributed by atoms with Gasteiger partial charge in [-0.05, 0) is 43.0 Å². The molecule has 1 N–H and O–H groups in total. The topological polar surface area (TPSA) is 29.1 Å². The summed E-state index contributed by atoms with van der Waals surface area (Å²) in [6.07, 6.45) is 1.75. The minimum Gasteiger partial charge on any atom is -0.349 e. The number of hydrogen-bond donors (Lipinski definition) is 1. The summed E-state index contributed by atoms with van der Waals surface area (Å²) in [6, 6.07) is 13.7. The number of carbonyl (C=O) groups is 1. The lowest BCUT2D eigenvalue weighted by atomic mass is 10.0. The van der Waals surface area contributed by atoms with Gasteiger partial charge >= 0.3 is 0 Å². The molecule has 4 heteroatoms. The van der Waals surface area contributed by atoms with Crippen molar-refractivity contribution in [2.45, 2.75) is 39.2 Å². The van der Waals surface area contributed by atoms with Crippen LogP contribution in [-0.2, 0) is 11.2 Å². The maximum Gasteiger partial charge on any atom is 0.220 e. The summed E-state index contributed by atoms with van der Waals surface area (Å²) < 4.78 is 0. The van der Waals surface area contributed by atoms with Gasteiger partial charge in [-0.1, -0.05) is 66.0 Å². The van der Waals surface area contributed by atoms with Crippen LogP contribution in [0, 0.1) is 6.92 Å². The monoisotopic (exact) mass is 349 g/mol. The summed E-state index contributed by atoms with van der Waals surface area (Å²) in [5, 5.41) is 4.30. The first-order chi connectivity index (χ1) is 11.0. The molecule has 0 radical (unpaired) electrons. The lowest BCUT2D eigenvalue weighted by molar-refractivity contribution is -0.121. The van der Waals surface area contributed by atoms with Crippen LogP contribution < -0.4 is 5.32 Å². The molecule has 0 aliphatic heterocycles. The van der Waals surface area contributed by atoms with Crippen LogP contribution in [0.15, 0.2) is 42.5 Å². The van der Waals surface area contributed by atoms with Crippen LogP contribution in [0.4, 0.5) is 0 Å². The number of aryl methyl sites for hydroxylation is 1. The molecular weight excluding hydrogens is 329 g/mol. The molecule has 0 fully saturated rings. The van der Waals surface area contributed by atoms with Crippen molar-refractivity contribution in [3.05, 3.63) is 69.2 Å². The lowest BCUT2D eigenvalue weighted by Gasteiger charge is -2.18. The number of amides is 1. The van der Waals surface area contributed by atoms with Gasteiger partial charge in [0.25, 0.3) is 0 Å². The van der Waals surface area contributed by atoms with E-state index >= 15 is 0 Å². The summed E-state index contributed by atoms with van der Waals surface area (Å²) in [5.74, 6) is 0.00779. The summed E-state index contributed by atoms with van der Waals surface area (Å²) in [7, 11) is 0. The van der Waals surface area contributed by atoms with Crippen molar-refractivity contribution < 1.29 is 4.79 Å². The van der Waals surface area contributed by atoms with Gasteiger partial charge in [-0.2, -0.15) is 0 Å². The fourth-order valence-electron chi connectivity index (χ4n) is 2.50. The van der Waals surface area contributed by atoms with E-state index in [4.69, 9.17) is 23.2 Å². The summed E-state index contributed by atoms with van der Waals surface area (Å²) in [6.45, 7) is 4.12. The third-order valence-corrected chi connectivity index (χ3v) is 4.60.